The van der Waals surface area contributed by atoms with Crippen LogP contribution in [0.4, 0.5) is 11.8 Å². The summed E-state index contributed by atoms with van der Waals surface area (Å²) in [6.07, 6.45) is 11.4. The molecule has 0 spiro atoms. The van der Waals surface area contributed by atoms with E-state index >= 15 is 0 Å². The average Bonchev–Trinajstić information content (AvgIpc) is 2.98. The van der Waals surface area contributed by atoms with E-state index in [0.717, 1.165) is 74.1 Å². The molecule has 1 aliphatic heterocycles. The van der Waals surface area contributed by atoms with E-state index in [4.69, 9.17) is 9.97 Å². The predicted molar refractivity (Wildman–Crippen MR) is 171 cm³/mol. The molecule has 0 bridgehead atoms. The van der Waals surface area contributed by atoms with Crippen LogP contribution in [0.1, 0.15) is 71.4 Å². The van der Waals surface area contributed by atoms with Gasteiger partial charge in [0.1, 0.15) is 5.82 Å². The zero-order chi connectivity index (χ0) is 29.4. The summed E-state index contributed by atoms with van der Waals surface area (Å²) in [6, 6.07) is 8.92. The molecule has 2 aliphatic rings. The van der Waals surface area contributed by atoms with Crippen LogP contribution in [0.15, 0.2) is 30.5 Å². The zero-order valence-electron chi connectivity index (χ0n) is 25.9. The van der Waals surface area contributed by atoms with Crippen LogP contribution in [0.2, 0.25) is 0 Å². The predicted octanol–water partition coefficient (Wildman–Crippen LogP) is 4.36. The van der Waals surface area contributed by atoms with Gasteiger partial charge in [0.15, 0.2) is 0 Å². The van der Waals surface area contributed by atoms with Crippen LogP contribution in [0, 0.1) is 5.41 Å². The van der Waals surface area contributed by atoms with Gasteiger partial charge in [-0.05, 0) is 57.5 Å². The second kappa shape index (κ2) is 14.4. The van der Waals surface area contributed by atoms with Crippen molar-refractivity contribution in [2.24, 2.45) is 5.41 Å². The van der Waals surface area contributed by atoms with Gasteiger partial charge in [0, 0.05) is 55.8 Å². The number of aromatic nitrogens is 4. The first-order chi connectivity index (χ1) is 20.4. The molecule has 0 radical (unpaired) electrons. The van der Waals surface area contributed by atoms with Crippen LogP contribution < -0.4 is 20.9 Å². The van der Waals surface area contributed by atoms with E-state index in [9.17, 15) is 4.79 Å². The first kappa shape index (κ1) is 30.4. The lowest BCUT2D eigenvalue weighted by Crippen LogP contribution is -2.52. The fraction of sp³-hybridized carbons (Fsp3) is 0.656. The summed E-state index contributed by atoms with van der Waals surface area (Å²) in [5.74, 6) is 1.77. The third-order valence-corrected chi connectivity index (χ3v) is 8.45. The van der Waals surface area contributed by atoms with Crippen molar-refractivity contribution < 1.29 is 4.79 Å². The molecule has 10 nitrogen and oxygen atoms in total. The molecule has 3 aromatic rings. The molecule has 42 heavy (non-hydrogen) atoms. The molecule has 1 saturated carbocycles. The molecule has 2 fully saturated rings. The number of aryl methyl sites for hydroxylation is 1. The number of H-pyrrole nitrogens is 1. The van der Waals surface area contributed by atoms with Crippen molar-refractivity contribution in [1.82, 2.24) is 35.3 Å². The highest BCUT2D eigenvalue weighted by Gasteiger charge is 2.30. The van der Waals surface area contributed by atoms with Gasteiger partial charge in [-0.25, -0.2) is 4.98 Å². The minimum Gasteiger partial charge on any atom is -0.352 e. The maximum Gasteiger partial charge on any atom is 0.228 e. The van der Waals surface area contributed by atoms with Crippen LogP contribution in [-0.2, 0) is 17.9 Å². The van der Waals surface area contributed by atoms with Crippen LogP contribution >= 0.6 is 0 Å². The van der Waals surface area contributed by atoms with E-state index in [1.165, 1.54) is 38.5 Å². The molecular weight excluding hydrogens is 526 g/mol. The van der Waals surface area contributed by atoms with Crippen LogP contribution in [-0.4, -0.2) is 82.4 Å². The smallest absolute Gasteiger partial charge is 0.228 e. The number of nitrogens with one attached hydrogen (secondary N) is 4. The molecule has 230 valence electrons. The third-order valence-electron chi connectivity index (χ3n) is 8.45. The number of aromatic amines is 1. The van der Waals surface area contributed by atoms with Crippen molar-refractivity contribution in [1.29, 1.82) is 0 Å². The van der Waals surface area contributed by atoms with Gasteiger partial charge in [0.2, 0.25) is 11.9 Å². The number of anilines is 2. The summed E-state index contributed by atoms with van der Waals surface area (Å²) in [7, 11) is 0. The number of benzene rings is 1. The monoisotopic (exact) mass is 577 g/mol. The Bertz CT molecular complexity index is 1250. The Morgan fingerprint density at radius 2 is 1.71 bits per heavy atom. The lowest BCUT2D eigenvalue weighted by atomic mass is 9.94. The molecule has 1 amide bonds. The summed E-state index contributed by atoms with van der Waals surface area (Å²) >= 11 is 0. The van der Waals surface area contributed by atoms with Crippen molar-refractivity contribution in [2.75, 3.05) is 56.0 Å². The van der Waals surface area contributed by atoms with Crippen molar-refractivity contribution >= 4 is 28.6 Å². The number of nitrogens with zero attached hydrogens (tertiary/aromatic N) is 5. The SMILES string of the molecule is CC(C)(C)C(=O)N1CCN(c2nc(NCc3cn(CCCNCCCNC4CCCCC4)[nH]3)nc3ccccc23)CC1. The number of carbonyl (C=O) groups is 1. The highest BCUT2D eigenvalue weighted by Crippen LogP contribution is 2.27. The van der Waals surface area contributed by atoms with Crippen LogP contribution in [0.25, 0.3) is 10.9 Å². The van der Waals surface area contributed by atoms with E-state index < -0.39 is 0 Å². The molecule has 10 heteroatoms. The summed E-state index contributed by atoms with van der Waals surface area (Å²) in [5, 5.41) is 15.2. The number of hydrogen-bond donors (Lipinski definition) is 4. The van der Waals surface area contributed by atoms with E-state index in [1.807, 2.05) is 43.9 Å². The van der Waals surface area contributed by atoms with Crippen molar-refractivity contribution in [3.05, 3.63) is 36.2 Å². The van der Waals surface area contributed by atoms with E-state index in [-0.39, 0.29) is 11.3 Å². The maximum atomic E-state index is 12.8. The molecule has 0 unspecified atom stereocenters. The van der Waals surface area contributed by atoms with Crippen LogP contribution in [0.3, 0.4) is 0 Å². The normalized spacial score (nSPS) is 16.8. The Hall–Kier alpha value is -3.11. The molecule has 1 aromatic carbocycles. The number of fused-ring (bicyclic) bond motifs is 1. The van der Waals surface area contributed by atoms with Gasteiger partial charge in [0.25, 0.3) is 0 Å². The first-order valence-electron chi connectivity index (χ1n) is 16.1. The largest absolute Gasteiger partial charge is 0.352 e. The lowest BCUT2D eigenvalue weighted by molar-refractivity contribution is -0.139. The van der Waals surface area contributed by atoms with Gasteiger partial charge in [-0.1, -0.05) is 52.2 Å². The molecule has 1 aliphatic carbocycles. The molecule has 3 heterocycles. The summed E-state index contributed by atoms with van der Waals surface area (Å²) in [4.78, 5) is 26.7. The number of hydrogen-bond acceptors (Lipinski definition) is 7. The molecular formula is C32H51N9O. The first-order valence-corrected chi connectivity index (χ1v) is 16.1. The molecule has 5 rings (SSSR count). The van der Waals surface area contributed by atoms with Crippen molar-refractivity contribution in [2.45, 2.75) is 84.8 Å². The number of piperazine rings is 1. The van der Waals surface area contributed by atoms with Gasteiger partial charge in [-0.3, -0.25) is 14.6 Å². The topological polar surface area (TPSA) is 106 Å². The highest BCUT2D eigenvalue weighted by molar-refractivity contribution is 5.90. The summed E-state index contributed by atoms with van der Waals surface area (Å²) < 4.78 is 2.15. The average molecular weight is 578 g/mol. The van der Waals surface area contributed by atoms with Crippen LogP contribution in [0.5, 0.6) is 0 Å². The van der Waals surface area contributed by atoms with Gasteiger partial charge in [-0.2, -0.15) is 4.98 Å². The minimum absolute atomic E-state index is 0.209. The molecule has 0 atom stereocenters. The quantitative estimate of drug-likeness (QED) is 0.224. The Balaban J connectivity index is 1.04. The number of para-hydroxylation sites is 1. The Labute approximate surface area is 251 Å². The lowest BCUT2D eigenvalue weighted by Gasteiger charge is -2.38. The standard InChI is InChI=1S/C32H51N9O/c1-32(2,3)30(42)40-21-19-39(20-22-40)29-27-13-7-8-14-28(27)36-31(37-29)35-23-26-24-41(38-26)18-10-16-33-15-9-17-34-25-11-5-4-6-12-25/h7-8,13-14,24-25,33-34,38H,4-6,9-12,15-23H2,1-3H3,(H,35,36,37). The molecule has 4 N–H and O–H groups in total. The fourth-order valence-electron chi connectivity index (χ4n) is 6.05. The Kier molecular flexibility index (Phi) is 10.4. The highest BCUT2D eigenvalue weighted by atomic mass is 16.2. The third kappa shape index (κ3) is 8.25. The van der Waals surface area contributed by atoms with E-state index in [2.05, 4.69) is 42.9 Å². The summed E-state index contributed by atoms with van der Waals surface area (Å²) in [6.45, 7) is 13.8. The molecule has 2 aromatic heterocycles. The molecule has 1 saturated heterocycles. The summed E-state index contributed by atoms with van der Waals surface area (Å²) in [5.41, 5.74) is 1.69. The van der Waals surface area contributed by atoms with Gasteiger partial charge in [-0.15, -0.1) is 0 Å². The van der Waals surface area contributed by atoms with Crippen molar-refractivity contribution in [3.63, 3.8) is 0 Å². The number of amides is 1. The van der Waals surface area contributed by atoms with E-state index in [1.54, 1.807) is 0 Å². The van der Waals surface area contributed by atoms with Gasteiger partial charge < -0.3 is 25.8 Å². The maximum absolute atomic E-state index is 12.8. The Morgan fingerprint density at radius 1 is 0.976 bits per heavy atom. The van der Waals surface area contributed by atoms with E-state index in [0.29, 0.717) is 25.6 Å². The zero-order valence-corrected chi connectivity index (χ0v) is 25.9. The second-order valence-corrected chi connectivity index (χ2v) is 13.0. The van der Waals surface area contributed by atoms with Crippen molar-refractivity contribution in [3.8, 4) is 0 Å². The second-order valence-electron chi connectivity index (χ2n) is 13.0. The van der Waals surface area contributed by atoms with Gasteiger partial charge >= 0.3 is 0 Å². The fourth-order valence-corrected chi connectivity index (χ4v) is 6.05. The minimum atomic E-state index is -0.358. The number of rotatable bonds is 13. The Morgan fingerprint density at radius 3 is 2.48 bits per heavy atom. The van der Waals surface area contributed by atoms with Gasteiger partial charge in [0.05, 0.1) is 17.8 Å². The number of carbonyl (C=O) groups excluding carboxylic acids is 1.